The van der Waals surface area contributed by atoms with E-state index in [1.165, 1.54) is 0 Å². The third-order valence-corrected chi connectivity index (χ3v) is 4.04. The zero-order valence-electron chi connectivity index (χ0n) is 10.7. The SMILES string of the molecule is O=C(O)CCC1CCN(CC2CCC(=O)N2)CC1. The lowest BCUT2D eigenvalue weighted by molar-refractivity contribution is -0.137. The number of carbonyl (C=O) groups excluding carboxylic acids is 1. The summed E-state index contributed by atoms with van der Waals surface area (Å²) >= 11 is 0. The van der Waals surface area contributed by atoms with E-state index in [1.807, 2.05) is 0 Å². The van der Waals surface area contributed by atoms with E-state index >= 15 is 0 Å². The smallest absolute Gasteiger partial charge is 0.303 e. The average molecular weight is 254 g/mol. The molecule has 0 radical (unpaired) electrons. The Labute approximate surface area is 108 Å². The Hall–Kier alpha value is -1.10. The third kappa shape index (κ3) is 3.98. The highest BCUT2D eigenvalue weighted by atomic mass is 16.4. The molecule has 0 spiro atoms. The molecule has 102 valence electrons. The molecule has 2 N–H and O–H groups in total. The van der Waals surface area contributed by atoms with Crippen LogP contribution in [0.3, 0.4) is 0 Å². The van der Waals surface area contributed by atoms with E-state index in [-0.39, 0.29) is 5.91 Å². The van der Waals surface area contributed by atoms with Crippen LogP contribution in [0.4, 0.5) is 0 Å². The molecule has 2 fully saturated rings. The largest absolute Gasteiger partial charge is 0.481 e. The number of rotatable bonds is 5. The van der Waals surface area contributed by atoms with E-state index in [4.69, 9.17) is 5.11 Å². The maximum Gasteiger partial charge on any atom is 0.303 e. The van der Waals surface area contributed by atoms with Crippen molar-refractivity contribution >= 4 is 11.9 Å². The van der Waals surface area contributed by atoms with E-state index in [9.17, 15) is 9.59 Å². The van der Waals surface area contributed by atoms with Gasteiger partial charge in [-0.25, -0.2) is 0 Å². The van der Waals surface area contributed by atoms with Crippen LogP contribution in [0.2, 0.25) is 0 Å². The first-order valence-electron chi connectivity index (χ1n) is 6.87. The lowest BCUT2D eigenvalue weighted by atomic mass is 9.92. The van der Waals surface area contributed by atoms with Gasteiger partial charge in [0.15, 0.2) is 0 Å². The molecule has 2 saturated heterocycles. The Balaban J connectivity index is 1.64. The fourth-order valence-electron chi connectivity index (χ4n) is 2.91. The van der Waals surface area contributed by atoms with Gasteiger partial charge in [-0.2, -0.15) is 0 Å². The number of nitrogens with one attached hydrogen (secondary N) is 1. The van der Waals surface area contributed by atoms with Crippen molar-refractivity contribution in [2.75, 3.05) is 19.6 Å². The zero-order chi connectivity index (χ0) is 13.0. The first kappa shape index (κ1) is 13.3. The first-order chi connectivity index (χ1) is 8.63. The van der Waals surface area contributed by atoms with Crippen molar-refractivity contribution in [1.82, 2.24) is 10.2 Å². The summed E-state index contributed by atoms with van der Waals surface area (Å²) in [7, 11) is 0. The molecule has 0 aromatic rings. The number of amides is 1. The normalized spacial score (nSPS) is 26.2. The minimum atomic E-state index is -0.689. The predicted molar refractivity (Wildman–Crippen MR) is 67.2 cm³/mol. The van der Waals surface area contributed by atoms with Gasteiger partial charge in [-0.15, -0.1) is 0 Å². The molecule has 2 aliphatic rings. The standard InChI is InChI=1S/C13H22N2O3/c16-12-3-2-11(14-12)9-15-7-5-10(6-8-15)1-4-13(17)18/h10-11H,1-9H2,(H,14,16)(H,17,18). The van der Waals surface area contributed by atoms with Crippen LogP contribution in [-0.4, -0.2) is 47.6 Å². The number of carbonyl (C=O) groups is 2. The molecule has 0 aromatic heterocycles. The maximum absolute atomic E-state index is 11.1. The molecule has 0 aromatic carbocycles. The molecule has 0 bridgehead atoms. The maximum atomic E-state index is 11.1. The Morgan fingerprint density at radius 2 is 2.06 bits per heavy atom. The van der Waals surface area contributed by atoms with E-state index < -0.39 is 5.97 Å². The number of aliphatic carboxylic acids is 1. The number of hydrogen-bond acceptors (Lipinski definition) is 3. The number of carboxylic acids is 1. The zero-order valence-corrected chi connectivity index (χ0v) is 10.7. The third-order valence-electron chi connectivity index (χ3n) is 4.04. The highest BCUT2D eigenvalue weighted by molar-refractivity contribution is 5.78. The van der Waals surface area contributed by atoms with Crippen molar-refractivity contribution in [3.8, 4) is 0 Å². The Kier molecular flexibility index (Phi) is 4.58. The summed E-state index contributed by atoms with van der Waals surface area (Å²) in [5.74, 6) is 0.0537. The molecule has 5 heteroatoms. The van der Waals surface area contributed by atoms with Gasteiger partial charge in [0, 0.05) is 25.4 Å². The van der Waals surface area contributed by atoms with Crippen LogP contribution in [0, 0.1) is 5.92 Å². The van der Waals surface area contributed by atoms with Gasteiger partial charge < -0.3 is 15.3 Å². The molecule has 2 rings (SSSR count). The van der Waals surface area contributed by atoms with Crippen molar-refractivity contribution in [3.63, 3.8) is 0 Å². The van der Waals surface area contributed by atoms with Crippen LogP contribution in [-0.2, 0) is 9.59 Å². The lowest BCUT2D eigenvalue weighted by Gasteiger charge is -2.33. The van der Waals surface area contributed by atoms with Crippen LogP contribution < -0.4 is 5.32 Å². The van der Waals surface area contributed by atoms with Crippen molar-refractivity contribution in [3.05, 3.63) is 0 Å². The van der Waals surface area contributed by atoms with Crippen molar-refractivity contribution < 1.29 is 14.7 Å². The highest BCUT2D eigenvalue weighted by Crippen LogP contribution is 2.22. The van der Waals surface area contributed by atoms with E-state index in [1.54, 1.807) is 0 Å². The monoisotopic (exact) mass is 254 g/mol. The average Bonchev–Trinajstić information content (AvgIpc) is 2.74. The Bertz CT molecular complexity index is 311. The summed E-state index contributed by atoms with van der Waals surface area (Å²) in [5.41, 5.74) is 0. The van der Waals surface area contributed by atoms with E-state index in [0.717, 1.165) is 45.3 Å². The summed E-state index contributed by atoms with van der Waals surface area (Å²) in [6, 6.07) is 0.327. The fourth-order valence-corrected chi connectivity index (χ4v) is 2.91. The van der Waals surface area contributed by atoms with Crippen LogP contribution >= 0.6 is 0 Å². The molecule has 1 atom stereocenters. The van der Waals surface area contributed by atoms with Gasteiger partial charge >= 0.3 is 5.97 Å². The molecular weight excluding hydrogens is 232 g/mol. The second-order valence-electron chi connectivity index (χ2n) is 5.48. The summed E-state index contributed by atoms with van der Waals surface area (Å²) in [5, 5.41) is 11.7. The van der Waals surface area contributed by atoms with Crippen LogP contribution in [0.1, 0.15) is 38.5 Å². The van der Waals surface area contributed by atoms with Gasteiger partial charge in [0.25, 0.3) is 0 Å². The molecule has 18 heavy (non-hydrogen) atoms. The van der Waals surface area contributed by atoms with Crippen molar-refractivity contribution in [1.29, 1.82) is 0 Å². The van der Waals surface area contributed by atoms with E-state index in [2.05, 4.69) is 10.2 Å². The number of hydrogen-bond donors (Lipinski definition) is 2. The van der Waals surface area contributed by atoms with Gasteiger partial charge in [0.2, 0.25) is 5.91 Å². The summed E-state index contributed by atoms with van der Waals surface area (Å²) in [6.07, 6.45) is 4.91. The topological polar surface area (TPSA) is 69.6 Å². The minimum Gasteiger partial charge on any atom is -0.481 e. The number of piperidine rings is 1. The quantitative estimate of drug-likeness (QED) is 0.763. The predicted octanol–water partition coefficient (Wildman–Crippen LogP) is 0.842. The first-order valence-corrected chi connectivity index (χ1v) is 6.87. The van der Waals surface area contributed by atoms with E-state index in [0.29, 0.717) is 24.8 Å². The van der Waals surface area contributed by atoms with Crippen molar-refractivity contribution in [2.24, 2.45) is 5.92 Å². The number of carboxylic acid groups (broad SMARTS) is 1. The molecular formula is C13H22N2O3. The van der Waals surface area contributed by atoms with Gasteiger partial charge in [0.05, 0.1) is 0 Å². The second-order valence-corrected chi connectivity index (χ2v) is 5.48. The van der Waals surface area contributed by atoms with Gasteiger partial charge in [-0.3, -0.25) is 9.59 Å². The molecule has 5 nitrogen and oxygen atoms in total. The number of nitrogens with zero attached hydrogens (tertiary/aromatic N) is 1. The number of likely N-dealkylation sites (tertiary alicyclic amines) is 1. The Morgan fingerprint density at radius 3 is 2.61 bits per heavy atom. The Morgan fingerprint density at radius 1 is 1.33 bits per heavy atom. The van der Waals surface area contributed by atoms with Gasteiger partial charge in [0.1, 0.15) is 0 Å². The molecule has 0 aliphatic carbocycles. The van der Waals surface area contributed by atoms with Crippen molar-refractivity contribution in [2.45, 2.75) is 44.6 Å². The highest BCUT2D eigenvalue weighted by Gasteiger charge is 2.25. The lowest BCUT2D eigenvalue weighted by Crippen LogP contribution is -2.42. The fraction of sp³-hybridized carbons (Fsp3) is 0.846. The minimum absolute atomic E-state index is 0.177. The van der Waals surface area contributed by atoms with Crippen LogP contribution in [0.5, 0.6) is 0 Å². The summed E-state index contributed by atoms with van der Waals surface area (Å²) in [6.45, 7) is 3.03. The second kappa shape index (κ2) is 6.18. The molecule has 0 saturated carbocycles. The van der Waals surface area contributed by atoms with Crippen LogP contribution in [0.25, 0.3) is 0 Å². The molecule has 2 heterocycles. The van der Waals surface area contributed by atoms with Gasteiger partial charge in [-0.1, -0.05) is 0 Å². The van der Waals surface area contributed by atoms with Gasteiger partial charge in [-0.05, 0) is 44.7 Å². The summed E-state index contributed by atoms with van der Waals surface area (Å²) < 4.78 is 0. The van der Waals surface area contributed by atoms with Crippen LogP contribution in [0.15, 0.2) is 0 Å². The molecule has 1 unspecified atom stereocenters. The molecule has 2 aliphatic heterocycles. The molecule has 1 amide bonds. The summed E-state index contributed by atoms with van der Waals surface area (Å²) in [4.78, 5) is 24.0.